The highest BCUT2D eigenvalue weighted by Crippen LogP contribution is 2.28. The lowest BCUT2D eigenvalue weighted by molar-refractivity contribution is 0.617. The molecule has 3 aromatic rings. The van der Waals surface area contributed by atoms with Crippen molar-refractivity contribution in [3.63, 3.8) is 0 Å². The molecule has 3 rings (SSSR count). The molecule has 1 heterocycles. The van der Waals surface area contributed by atoms with Crippen molar-refractivity contribution in [3.05, 3.63) is 71.8 Å². The van der Waals surface area contributed by atoms with Gasteiger partial charge in [0.25, 0.3) is 0 Å². The third-order valence-corrected chi connectivity index (χ3v) is 3.91. The molecule has 0 N–H and O–H groups in total. The van der Waals surface area contributed by atoms with Crippen molar-refractivity contribution in [3.8, 4) is 6.07 Å². The first kappa shape index (κ1) is 15.0. The number of fused-ring (bicyclic) bond motifs is 1. The Hall–Kier alpha value is -2.93. The van der Waals surface area contributed by atoms with E-state index in [4.69, 9.17) is 0 Å². The molecule has 0 aliphatic rings. The zero-order chi connectivity index (χ0) is 16.6. The summed E-state index contributed by atoms with van der Waals surface area (Å²) < 4.78 is 15.4. The molecule has 0 aliphatic carbocycles. The number of benzene rings is 2. The number of hydrogen-bond acceptors (Lipinski definition) is 2. The maximum atomic E-state index is 13.3. The maximum Gasteiger partial charge on any atom is 0.124 e. The second-order valence-corrected chi connectivity index (χ2v) is 5.73. The lowest BCUT2D eigenvalue weighted by Gasteiger charge is -2.11. The van der Waals surface area contributed by atoms with Crippen molar-refractivity contribution >= 4 is 16.6 Å². The fraction of sp³-hybridized carbons (Fsp3) is 0.158. The van der Waals surface area contributed by atoms with Crippen molar-refractivity contribution < 1.29 is 4.39 Å². The lowest BCUT2D eigenvalue weighted by atomic mass is 9.95. The molecule has 114 valence electrons. The number of halogens is 1. The zero-order valence-electron chi connectivity index (χ0n) is 13.0. The van der Waals surface area contributed by atoms with Gasteiger partial charge in [-0.15, -0.1) is 0 Å². The smallest absolute Gasteiger partial charge is 0.124 e. The van der Waals surface area contributed by atoms with E-state index in [1.165, 1.54) is 12.1 Å². The highest BCUT2D eigenvalue weighted by molar-refractivity contribution is 5.87. The molecule has 0 saturated carbocycles. The summed E-state index contributed by atoms with van der Waals surface area (Å²) in [6.45, 7) is 8.28. The lowest BCUT2D eigenvalue weighted by Crippen LogP contribution is -1.99. The van der Waals surface area contributed by atoms with Gasteiger partial charge in [0, 0.05) is 6.04 Å². The van der Waals surface area contributed by atoms with Crippen LogP contribution in [0.25, 0.3) is 16.6 Å². The van der Waals surface area contributed by atoms with Gasteiger partial charge in [0.1, 0.15) is 5.82 Å². The molecule has 2 aromatic carbocycles. The van der Waals surface area contributed by atoms with Gasteiger partial charge in [-0.1, -0.05) is 18.7 Å². The number of imidazole rings is 1. The van der Waals surface area contributed by atoms with E-state index in [-0.39, 0.29) is 5.56 Å². The number of nitriles is 1. The summed E-state index contributed by atoms with van der Waals surface area (Å²) in [6.07, 6.45) is 1.82. The molecule has 1 aromatic heterocycles. The minimum atomic E-state index is -0.425. The molecule has 0 atom stereocenters. The van der Waals surface area contributed by atoms with Gasteiger partial charge in [0.15, 0.2) is 0 Å². The SMILES string of the molecule is C=C(c1ccc2ncn(C(C)C)c2c1)c1ccc(F)cc1C#N. The molecule has 3 nitrogen and oxygen atoms in total. The van der Waals surface area contributed by atoms with Crippen molar-refractivity contribution in [2.75, 3.05) is 0 Å². The largest absolute Gasteiger partial charge is 0.328 e. The molecule has 23 heavy (non-hydrogen) atoms. The van der Waals surface area contributed by atoms with Crippen LogP contribution in [0.1, 0.15) is 36.6 Å². The van der Waals surface area contributed by atoms with Crippen LogP contribution < -0.4 is 0 Å². The van der Waals surface area contributed by atoms with Gasteiger partial charge < -0.3 is 4.57 Å². The average Bonchev–Trinajstić information content (AvgIpc) is 2.97. The Balaban J connectivity index is 2.12. The van der Waals surface area contributed by atoms with E-state index in [1.54, 1.807) is 6.07 Å². The highest BCUT2D eigenvalue weighted by Gasteiger charge is 2.12. The third kappa shape index (κ3) is 2.62. The molecule has 0 fully saturated rings. The summed E-state index contributed by atoms with van der Waals surface area (Å²) in [5.74, 6) is -0.425. The fourth-order valence-electron chi connectivity index (χ4n) is 2.65. The minimum absolute atomic E-state index is 0.285. The van der Waals surface area contributed by atoms with Crippen LogP contribution in [0, 0.1) is 17.1 Å². The van der Waals surface area contributed by atoms with Crippen LogP contribution in [0.3, 0.4) is 0 Å². The Morgan fingerprint density at radius 3 is 2.74 bits per heavy atom. The van der Waals surface area contributed by atoms with E-state index in [9.17, 15) is 9.65 Å². The van der Waals surface area contributed by atoms with Crippen molar-refractivity contribution in [2.24, 2.45) is 0 Å². The second kappa shape index (κ2) is 5.69. The first-order valence-corrected chi connectivity index (χ1v) is 7.37. The Kier molecular flexibility index (Phi) is 3.71. The van der Waals surface area contributed by atoms with Gasteiger partial charge in [0.2, 0.25) is 0 Å². The molecular formula is C19H16FN3. The summed E-state index contributed by atoms with van der Waals surface area (Å²) in [4.78, 5) is 4.39. The van der Waals surface area contributed by atoms with Gasteiger partial charge in [-0.3, -0.25) is 0 Å². The predicted octanol–water partition coefficient (Wildman–Crippen LogP) is 4.69. The van der Waals surface area contributed by atoms with Gasteiger partial charge in [-0.25, -0.2) is 9.37 Å². The molecule has 0 unspecified atom stereocenters. The summed E-state index contributed by atoms with van der Waals surface area (Å²) in [5.41, 5.74) is 4.44. The number of hydrogen-bond donors (Lipinski definition) is 0. The van der Waals surface area contributed by atoms with Crippen LogP contribution in [0.4, 0.5) is 4.39 Å². The quantitative estimate of drug-likeness (QED) is 0.704. The summed E-state index contributed by atoms with van der Waals surface area (Å²) in [7, 11) is 0. The van der Waals surface area contributed by atoms with Crippen LogP contribution in [-0.2, 0) is 0 Å². The number of nitrogens with zero attached hydrogens (tertiary/aromatic N) is 3. The number of rotatable bonds is 3. The van der Waals surface area contributed by atoms with Crippen LogP contribution in [0.15, 0.2) is 49.3 Å². The van der Waals surface area contributed by atoms with E-state index in [2.05, 4.69) is 30.0 Å². The van der Waals surface area contributed by atoms with Crippen LogP contribution in [0.2, 0.25) is 0 Å². The molecular weight excluding hydrogens is 289 g/mol. The number of aromatic nitrogens is 2. The van der Waals surface area contributed by atoms with Crippen molar-refractivity contribution in [1.82, 2.24) is 9.55 Å². The monoisotopic (exact) mass is 305 g/mol. The van der Waals surface area contributed by atoms with Crippen molar-refractivity contribution in [1.29, 1.82) is 5.26 Å². The topological polar surface area (TPSA) is 41.6 Å². The zero-order valence-corrected chi connectivity index (χ0v) is 13.0. The standard InChI is InChI=1S/C19H16FN3/c1-12(2)23-11-22-18-7-4-14(9-19(18)23)13(3)17-6-5-16(20)8-15(17)10-21/h4-9,11-12H,3H2,1-2H3. The van der Waals surface area contributed by atoms with Crippen LogP contribution in [-0.4, -0.2) is 9.55 Å². The second-order valence-electron chi connectivity index (χ2n) is 5.73. The summed E-state index contributed by atoms with van der Waals surface area (Å²) in [6, 6.07) is 12.4. The molecule has 0 radical (unpaired) electrons. The molecule has 0 amide bonds. The van der Waals surface area contributed by atoms with Gasteiger partial charge in [0.05, 0.1) is 29.0 Å². The van der Waals surface area contributed by atoms with Crippen LogP contribution in [0.5, 0.6) is 0 Å². The maximum absolute atomic E-state index is 13.3. The van der Waals surface area contributed by atoms with Crippen molar-refractivity contribution in [2.45, 2.75) is 19.9 Å². The fourth-order valence-corrected chi connectivity index (χ4v) is 2.65. The van der Waals surface area contributed by atoms with E-state index in [0.29, 0.717) is 17.2 Å². The molecule has 4 heteroatoms. The molecule has 0 aliphatic heterocycles. The molecule has 0 saturated heterocycles. The van der Waals surface area contributed by atoms with Gasteiger partial charge in [-0.2, -0.15) is 5.26 Å². The first-order valence-electron chi connectivity index (χ1n) is 7.37. The first-order chi connectivity index (χ1) is 11.0. The minimum Gasteiger partial charge on any atom is -0.328 e. The van der Waals surface area contributed by atoms with E-state index in [0.717, 1.165) is 16.6 Å². The van der Waals surface area contributed by atoms with Gasteiger partial charge in [-0.05, 0) is 54.8 Å². The summed E-state index contributed by atoms with van der Waals surface area (Å²) >= 11 is 0. The Morgan fingerprint density at radius 1 is 1.26 bits per heavy atom. The van der Waals surface area contributed by atoms with E-state index >= 15 is 0 Å². The van der Waals surface area contributed by atoms with Crippen LogP contribution >= 0.6 is 0 Å². The Bertz CT molecular complexity index is 945. The molecule has 0 spiro atoms. The van der Waals surface area contributed by atoms with E-state index in [1.807, 2.05) is 30.6 Å². The predicted molar refractivity (Wildman–Crippen MR) is 89.4 cm³/mol. The summed E-state index contributed by atoms with van der Waals surface area (Å²) in [5, 5.41) is 9.22. The van der Waals surface area contributed by atoms with E-state index < -0.39 is 5.82 Å². The average molecular weight is 305 g/mol. The molecule has 0 bridgehead atoms. The normalized spacial score (nSPS) is 10.9. The third-order valence-electron chi connectivity index (χ3n) is 3.91. The van der Waals surface area contributed by atoms with Gasteiger partial charge >= 0.3 is 0 Å². The highest BCUT2D eigenvalue weighted by atomic mass is 19.1. The Labute approximate surface area is 134 Å². The Morgan fingerprint density at radius 2 is 2.04 bits per heavy atom.